The first-order valence-electron chi connectivity index (χ1n) is 4.33. The third-order valence-corrected chi connectivity index (χ3v) is 1.71. The summed E-state index contributed by atoms with van der Waals surface area (Å²) >= 11 is 5.61. The molecule has 0 spiro atoms. The average molecular weight is 217 g/mol. The van der Waals surface area contributed by atoms with Gasteiger partial charge in [0.1, 0.15) is 0 Å². The van der Waals surface area contributed by atoms with Crippen molar-refractivity contribution in [2.75, 3.05) is 30.8 Å². The zero-order valence-electron chi connectivity index (χ0n) is 7.96. The minimum absolute atomic E-state index is 0.179. The predicted molar refractivity (Wildman–Crippen MR) is 56.4 cm³/mol. The second kappa shape index (κ2) is 5.62. The van der Waals surface area contributed by atoms with Crippen LogP contribution >= 0.6 is 11.6 Å². The number of hydrogen-bond acceptors (Lipinski definition) is 5. The molecule has 6 heteroatoms. The van der Waals surface area contributed by atoms with E-state index in [4.69, 9.17) is 22.1 Å². The van der Waals surface area contributed by atoms with E-state index in [1.807, 2.05) is 6.92 Å². The third-order valence-electron chi connectivity index (χ3n) is 1.53. The zero-order valence-corrected chi connectivity index (χ0v) is 8.71. The van der Waals surface area contributed by atoms with E-state index in [2.05, 4.69) is 15.3 Å². The van der Waals surface area contributed by atoms with Crippen LogP contribution in [0.4, 0.5) is 11.5 Å². The van der Waals surface area contributed by atoms with Gasteiger partial charge in [0.05, 0.1) is 18.5 Å². The highest BCUT2D eigenvalue weighted by atomic mass is 35.5. The molecule has 0 aliphatic carbocycles. The van der Waals surface area contributed by atoms with Crippen molar-refractivity contribution >= 4 is 23.1 Å². The second-order valence-electron chi connectivity index (χ2n) is 2.57. The molecule has 0 aliphatic heterocycles. The van der Waals surface area contributed by atoms with Crippen LogP contribution in [0.1, 0.15) is 6.92 Å². The van der Waals surface area contributed by atoms with Crippen LogP contribution in [-0.4, -0.2) is 29.7 Å². The fourth-order valence-electron chi connectivity index (χ4n) is 0.897. The molecule has 0 unspecified atom stereocenters. The van der Waals surface area contributed by atoms with Gasteiger partial charge in [-0.3, -0.25) is 0 Å². The fraction of sp³-hybridized carbons (Fsp3) is 0.500. The van der Waals surface area contributed by atoms with E-state index in [1.54, 1.807) is 0 Å². The van der Waals surface area contributed by atoms with Crippen molar-refractivity contribution in [1.82, 2.24) is 9.97 Å². The molecule has 1 aromatic rings. The summed E-state index contributed by atoms with van der Waals surface area (Å²) in [6.45, 7) is 3.89. The average Bonchev–Trinajstić information content (AvgIpc) is 2.18. The van der Waals surface area contributed by atoms with Gasteiger partial charge in [0, 0.05) is 13.2 Å². The Morgan fingerprint density at radius 1 is 1.64 bits per heavy atom. The van der Waals surface area contributed by atoms with Gasteiger partial charge < -0.3 is 15.8 Å². The van der Waals surface area contributed by atoms with Gasteiger partial charge in [-0.2, -0.15) is 4.98 Å². The van der Waals surface area contributed by atoms with Crippen LogP contribution < -0.4 is 11.1 Å². The standard InChI is InChI=1S/C8H13ClN4O/c1-2-14-4-3-11-7-6(10)5-12-8(9)13-7/h5H,2-4,10H2,1H3,(H,11,12,13). The maximum atomic E-state index is 5.62. The number of halogens is 1. The van der Waals surface area contributed by atoms with Crippen LogP contribution in [-0.2, 0) is 4.74 Å². The highest BCUT2D eigenvalue weighted by Crippen LogP contribution is 2.14. The van der Waals surface area contributed by atoms with Gasteiger partial charge in [-0.1, -0.05) is 0 Å². The van der Waals surface area contributed by atoms with Crippen LogP contribution in [0.2, 0.25) is 5.28 Å². The summed E-state index contributed by atoms with van der Waals surface area (Å²) in [5.74, 6) is 0.546. The first-order chi connectivity index (χ1) is 6.74. The summed E-state index contributed by atoms with van der Waals surface area (Å²) < 4.78 is 5.15. The predicted octanol–water partition coefficient (Wildman–Crippen LogP) is 1.16. The van der Waals surface area contributed by atoms with Crippen LogP contribution in [0, 0.1) is 0 Å². The molecule has 0 bridgehead atoms. The van der Waals surface area contributed by atoms with Gasteiger partial charge in [0.25, 0.3) is 0 Å². The Hall–Kier alpha value is -1.07. The van der Waals surface area contributed by atoms with Gasteiger partial charge in [0.15, 0.2) is 5.82 Å². The summed E-state index contributed by atoms with van der Waals surface area (Å²) in [5.41, 5.74) is 6.09. The third kappa shape index (κ3) is 3.35. The minimum atomic E-state index is 0.179. The summed E-state index contributed by atoms with van der Waals surface area (Å²) in [6.07, 6.45) is 1.47. The lowest BCUT2D eigenvalue weighted by Crippen LogP contribution is -2.12. The summed E-state index contributed by atoms with van der Waals surface area (Å²) in [5, 5.41) is 3.18. The molecule has 0 fully saturated rings. The number of ether oxygens (including phenoxy) is 1. The molecule has 5 nitrogen and oxygen atoms in total. The van der Waals surface area contributed by atoms with E-state index < -0.39 is 0 Å². The number of nitrogens with two attached hydrogens (primary N) is 1. The van der Waals surface area contributed by atoms with E-state index in [0.717, 1.165) is 0 Å². The summed E-state index contributed by atoms with van der Waals surface area (Å²) in [6, 6.07) is 0. The molecule has 0 saturated carbocycles. The maximum Gasteiger partial charge on any atom is 0.224 e. The van der Waals surface area contributed by atoms with Crippen LogP contribution in [0.15, 0.2) is 6.20 Å². The quantitative estimate of drug-likeness (QED) is 0.571. The summed E-state index contributed by atoms with van der Waals surface area (Å²) in [4.78, 5) is 7.67. The Morgan fingerprint density at radius 3 is 3.14 bits per heavy atom. The van der Waals surface area contributed by atoms with Crippen molar-refractivity contribution in [2.45, 2.75) is 6.92 Å². The molecular formula is C8H13ClN4O. The van der Waals surface area contributed by atoms with E-state index in [-0.39, 0.29) is 5.28 Å². The lowest BCUT2D eigenvalue weighted by Gasteiger charge is -2.07. The Balaban J connectivity index is 2.45. The first kappa shape index (κ1) is 11.0. The molecule has 0 aromatic carbocycles. The molecule has 1 rings (SSSR count). The number of nitrogen functional groups attached to an aromatic ring is 1. The number of rotatable bonds is 5. The zero-order chi connectivity index (χ0) is 10.4. The largest absolute Gasteiger partial charge is 0.394 e. The molecule has 0 aliphatic rings. The molecule has 78 valence electrons. The van der Waals surface area contributed by atoms with E-state index in [9.17, 15) is 0 Å². The van der Waals surface area contributed by atoms with Gasteiger partial charge in [-0.25, -0.2) is 4.98 Å². The number of hydrogen-bond donors (Lipinski definition) is 2. The molecule has 0 radical (unpaired) electrons. The van der Waals surface area contributed by atoms with E-state index >= 15 is 0 Å². The Kier molecular flexibility index (Phi) is 4.42. The smallest absolute Gasteiger partial charge is 0.224 e. The lowest BCUT2D eigenvalue weighted by atomic mass is 10.5. The minimum Gasteiger partial charge on any atom is -0.394 e. The first-order valence-corrected chi connectivity index (χ1v) is 4.71. The van der Waals surface area contributed by atoms with Crippen LogP contribution in [0.3, 0.4) is 0 Å². The van der Waals surface area contributed by atoms with Gasteiger partial charge in [-0.15, -0.1) is 0 Å². The van der Waals surface area contributed by atoms with Gasteiger partial charge in [0.2, 0.25) is 5.28 Å². The molecule has 0 saturated heterocycles. The van der Waals surface area contributed by atoms with Gasteiger partial charge in [-0.05, 0) is 18.5 Å². The Bertz CT molecular complexity index is 295. The maximum absolute atomic E-state index is 5.62. The van der Waals surface area contributed by atoms with Crippen molar-refractivity contribution < 1.29 is 4.74 Å². The molecule has 14 heavy (non-hydrogen) atoms. The second-order valence-corrected chi connectivity index (χ2v) is 2.90. The van der Waals surface area contributed by atoms with Crippen molar-refractivity contribution in [1.29, 1.82) is 0 Å². The normalized spacial score (nSPS) is 10.1. The highest BCUT2D eigenvalue weighted by molar-refractivity contribution is 6.28. The SMILES string of the molecule is CCOCCNc1nc(Cl)ncc1N. The monoisotopic (exact) mass is 216 g/mol. The molecule has 1 aromatic heterocycles. The van der Waals surface area contributed by atoms with Crippen molar-refractivity contribution in [3.05, 3.63) is 11.5 Å². The molecule has 3 N–H and O–H groups in total. The number of nitrogens with zero attached hydrogens (tertiary/aromatic N) is 2. The van der Waals surface area contributed by atoms with Crippen molar-refractivity contribution in [2.24, 2.45) is 0 Å². The molecule has 0 amide bonds. The summed E-state index contributed by atoms with van der Waals surface area (Å²) in [7, 11) is 0. The fourth-order valence-corrected chi connectivity index (χ4v) is 1.03. The van der Waals surface area contributed by atoms with Crippen LogP contribution in [0.5, 0.6) is 0 Å². The molecule has 0 atom stereocenters. The lowest BCUT2D eigenvalue weighted by molar-refractivity contribution is 0.158. The Labute approximate surface area is 87.6 Å². The van der Waals surface area contributed by atoms with Crippen molar-refractivity contribution in [3.63, 3.8) is 0 Å². The topological polar surface area (TPSA) is 73.1 Å². The number of nitrogens with one attached hydrogen (secondary N) is 1. The van der Waals surface area contributed by atoms with Crippen molar-refractivity contribution in [3.8, 4) is 0 Å². The van der Waals surface area contributed by atoms with E-state index in [0.29, 0.717) is 31.3 Å². The molecule has 1 heterocycles. The number of aromatic nitrogens is 2. The van der Waals surface area contributed by atoms with E-state index in [1.165, 1.54) is 6.20 Å². The Morgan fingerprint density at radius 2 is 2.43 bits per heavy atom. The highest BCUT2D eigenvalue weighted by Gasteiger charge is 2.01. The molecular weight excluding hydrogens is 204 g/mol. The van der Waals surface area contributed by atoms with Gasteiger partial charge >= 0.3 is 0 Å². The van der Waals surface area contributed by atoms with Crippen LogP contribution in [0.25, 0.3) is 0 Å². The number of anilines is 2.